The van der Waals surface area contributed by atoms with Crippen LogP contribution in [0, 0.1) is 0 Å². The fourth-order valence-corrected chi connectivity index (χ4v) is 4.42. The van der Waals surface area contributed by atoms with Crippen LogP contribution < -0.4 is 5.32 Å². The third-order valence-electron chi connectivity index (χ3n) is 5.97. The molecule has 1 aliphatic heterocycles. The number of carbonyl (C=O) groups excluding carboxylic acids is 1. The van der Waals surface area contributed by atoms with Crippen molar-refractivity contribution in [2.45, 2.75) is 37.6 Å². The molecule has 1 saturated heterocycles. The second-order valence-corrected chi connectivity index (χ2v) is 7.71. The van der Waals surface area contributed by atoms with Gasteiger partial charge in [0.15, 0.2) is 11.4 Å². The van der Waals surface area contributed by atoms with Crippen molar-refractivity contribution in [2.75, 3.05) is 32.8 Å². The maximum absolute atomic E-state index is 12.8. The van der Waals surface area contributed by atoms with Crippen LogP contribution in [0.15, 0.2) is 36.5 Å². The molecule has 4 rings (SSSR count). The summed E-state index contributed by atoms with van der Waals surface area (Å²) in [5, 5.41) is 17.6. The van der Waals surface area contributed by atoms with Crippen LogP contribution in [0.25, 0.3) is 5.69 Å². The predicted octanol–water partition coefficient (Wildman–Crippen LogP) is 2.34. The second kappa shape index (κ2) is 8.32. The van der Waals surface area contributed by atoms with Crippen LogP contribution in [0.2, 0.25) is 0 Å². The zero-order chi connectivity index (χ0) is 19.4. The number of ether oxygens (including phenoxy) is 1. The van der Waals surface area contributed by atoms with Crippen LogP contribution in [0.4, 0.5) is 0 Å². The molecular weight excluding hydrogens is 356 g/mol. The molecule has 2 aromatic rings. The van der Waals surface area contributed by atoms with Crippen LogP contribution in [0.1, 0.15) is 42.6 Å². The molecule has 28 heavy (non-hydrogen) atoms. The summed E-state index contributed by atoms with van der Waals surface area (Å²) < 4.78 is 7.05. The van der Waals surface area contributed by atoms with E-state index in [9.17, 15) is 9.90 Å². The van der Waals surface area contributed by atoms with E-state index < -0.39 is 0 Å². The van der Waals surface area contributed by atoms with Crippen LogP contribution >= 0.6 is 0 Å². The molecule has 0 bridgehead atoms. The molecule has 2 N–H and O–H groups in total. The first kappa shape index (κ1) is 19.0. The molecule has 0 spiro atoms. The normalized spacial score (nSPS) is 20.0. The summed E-state index contributed by atoms with van der Waals surface area (Å²) in [6.07, 6.45) is 7.25. The molecule has 2 heterocycles. The topological polar surface area (TPSA) is 79.6 Å². The third-order valence-corrected chi connectivity index (χ3v) is 5.97. The third kappa shape index (κ3) is 3.91. The minimum Gasteiger partial charge on any atom is -0.504 e. The summed E-state index contributed by atoms with van der Waals surface area (Å²) >= 11 is 0. The summed E-state index contributed by atoms with van der Waals surface area (Å²) in [4.78, 5) is 15.3. The first-order valence-electron chi connectivity index (χ1n) is 10.1. The quantitative estimate of drug-likeness (QED) is 0.827. The lowest BCUT2D eigenvalue weighted by Gasteiger charge is -2.48. The molecule has 2 aliphatic rings. The molecule has 2 fully saturated rings. The van der Waals surface area contributed by atoms with E-state index in [2.05, 4.69) is 15.3 Å². The van der Waals surface area contributed by atoms with Gasteiger partial charge in [-0.1, -0.05) is 37.5 Å². The summed E-state index contributed by atoms with van der Waals surface area (Å²) in [6.45, 7) is 3.88. The van der Waals surface area contributed by atoms with E-state index in [1.54, 1.807) is 0 Å². The zero-order valence-corrected chi connectivity index (χ0v) is 16.1. The van der Waals surface area contributed by atoms with E-state index >= 15 is 0 Å². The molecule has 1 aromatic carbocycles. The molecule has 1 saturated carbocycles. The standard InChI is InChI=1S/C21H28N4O3/c26-18-15-25(17-7-3-1-4-8-17)23-19(18)20(27)22-16-21(9-5-2-6-10-21)24-11-13-28-14-12-24/h1,3-4,7-8,15,26H,2,5-6,9-14,16H2,(H,22,27). The lowest BCUT2D eigenvalue weighted by Crippen LogP contribution is -2.59. The van der Waals surface area contributed by atoms with E-state index in [1.165, 1.54) is 30.1 Å². The smallest absolute Gasteiger partial charge is 0.275 e. The molecule has 7 nitrogen and oxygen atoms in total. The Morgan fingerprint density at radius 3 is 2.57 bits per heavy atom. The van der Waals surface area contributed by atoms with Gasteiger partial charge in [-0.05, 0) is 25.0 Å². The Labute approximate surface area is 165 Å². The van der Waals surface area contributed by atoms with Crippen LogP contribution in [-0.2, 0) is 4.74 Å². The Morgan fingerprint density at radius 1 is 1.14 bits per heavy atom. The maximum Gasteiger partial charge on any atom is 0.275 e. The predicted molar refractivity (Wildman–Crippen MR) is 106 cm³/mol. The van der Waals surface area contributed by atoms with E-state index in [-0.39, 0.29) is 22.9 Å². The lowest BCUT2D eigenvalue weighted by atomic mass is 9.79. The van der Waals surface area contributed by atoms with Gasteiger partial charge in [0.05, 0.1) is 25.1 Å². The fourth-order valence-electron chi connectivity index (χ4n) is 4.42. The fraction of sp³-hybridized carbons (Fsp3) is 0.524. The number of nitrogens with one attached hydrogen (secondary N) is 1. The molecular formula is C21H28N4O3. The van der Waals surface area contributed by atoms with Gasteiger partial charge < -0.3 is 15.2 Å². The highest BCUT2D eigenvalue weighted by Gasteiger charge is 2.39. The van der Waals surface area contributed by atoms with Gasteiger partial charge in [-0.3, -0.25) is 9.69 Å². The number of aromatic hydroxyl groups is 1. The van der Waals surface area contributed by atoms with Crippen molar-refractivity contribution in [3.05, 3.63) is 42.2 Å². The highest BCUT2D eigenvalue weighted by atomic mass is 16.5. The Hall–Kier alpha value is -2.38. The lowest BCUT2D eigenvalue weighted by molar-refractivity contribution is -0.0361. The van der Waals surface area contributed by atoms with Crippen molar-refractivity contribution in [3.8, 4) is 11.4 Å². The number of carbonyl (C=O) groups is 1. The number of hydrogen-bond acceptors (Lipinski definition) is 5. The molecule has 1 aliphatic carbocycles. The van der Waals surface area contributed by atoms with Gasteiger partial charge >= 0.3 is 0 Å². The highest BCUT2D eigenvalue weighted by molar-refractivity contribution is 5.94. The largest absolute Gasteiger partial charge is 0.504 e. The molecule has 1 amide bonds. The van der Waals surface area contributed by atoms with Crippen molar-refractivity contribution in [2.24, 2.45) is 0 Å². The van der Waals surface area contributed by atoms with E-state index in [0.29, 0.717) is 6.54 Å². The first-order chi connectivity index (χ1) is 13.7. The highest BCUT2D eigenvalue weighted by Crippen LogP contribution is 2.34. The van der Waals surface area contributed by atoms with E-state index in [1.807, 2.05) is 30.3 Å². The summed E-state index contributed by atoms with van der Waals surface area (Å²) in [6, 6.07) is 9.45. The zero-order valence-electron chi connectivity index (χ0n) is 16.1. The summed E-state index contributed by atoms with van der Waals surface area (Å²) in [5.74, 6) is -0.434. The van der Waals surface area contributed by atoms with Crippen molar-refractivity contribution in [3.63, 3.8) is 0 Å². The SMILES string of the molecule is O=C(NCC1(N2CCOCC2)CCCCC1)c1nn(-c2ccccc2)cc1O. The van der Waals surface area contributed by atoms with Gasteiger partial charge in [0.2, 0.25) is 0 Å². The van der Waals surface area contributed by atoms with Crippen LogP contribution in [0.5, 0.6) is 5.75 Å². The Balaban J connectivity index is 1.47. The molecule has 0 radical (unpaired) electrons. The molecule has 1 aromatic heterocycles. The van der Waals surface area contributed by atoms with Gasteiger partial charge in [-0.15, -0.1) is 0 Å². The first-order valence-corrected chi connectivity index (χ1v) is 10.1. The van der Waals surface area contributed by atoms with Crippen LogP contribution in [-0.4, -0.2) is 64.1 Å². The van der Waals surface area contributed by atoms with Gasteiger partial charge in [0.1, 0.15) is 0 Å². The number of para-hydroxylation sites is 1. The molecule has 0 unspecified atom stereocenters. The summed E-state index contributed by atoms with van der Waals surface area (Å²) in [7, 11) is 0. The Bertz CT molecular complexity index is 793. The molecule has 150 valence electrons. The minimum atomic E-state index is -0.328. The second-order valence-electron chi connectivity index (χ2n) is 7.71. The number of aromatic nitrogens is 2. The van der Waals surface area contributed by atoms with Crippen LogP contribution in [0.3, 0.4) is 0 Å². The van der Waals surface area contributed by atoms with Gasteiger partial charge in [0.25, 0.3) is 5.91 Å². The van der Waals surface area contributed by atoms with Crippen molar-refractivity contribution < 1.29 is 14.6 Å². The average molecular weight is 384 g/mol. The number of rotatable bonds is 5. The molecule has 7 heteroatoms. The Kier molecular flexibility index (Phi) is 5.64. The monoisotopic (exact) mass is 384 g/mol. The summed E-state index contributed by atoms with van der Waals surface area (Å²) in [5.41, 5.74) is 0.848. The van der Waals surface area contributed by atoms with E-state index in [0.717, 1.165) is 44.8 Å². The van der Waals surface area contributed by atoms with Gasteiger partial charge in [-0.25, -0.2) is 4.68 Å². The number of hydrogen-bond donors (Lipinski definition) is 2. The number of benzene rings is 1. The maximum atomic E-state index is 12.8. The Morgan fingerprint density at radius 2 is 1.86 bits per heavy atom. The number of amides is 1. The molecule has 0 atom stereocenters. The van der Waals surface area contributed by atoms with Crippen molar-refractivity contribution >= 4 is 5.91 Å². The van der Waals surface area contributed by atoms with E-state index in [4.69, 9.17) is 4.74 Å². The van der Waals surface area contributed by atoms with Gasteiger partial charge in [-0.2, -0.15) is 5.10 Å². The number of nitrogens with zero attached hydrogens (tertiary/aromatic N) is 3. The minimum absolute atomic E-state index is 0.0185. The average Bonchev–Trinajstić information content (AvgIpc) is 3.16. The van der Waals surface area contributed by atoms with Crippen molar-refractivity contribution in [1.29, 1.82) is 0 Å². The van der Waals surface area contributed by atoms with Gasteiger partial charge in [0, 0.05) is 25.2 Å². The number of morpholine rings is 1. The van der Waals surface area contributed by atoms with Crippen molar-refractivity contribution in [1.82, 2.24) is 20.0 Å².